The van der Waals surface area contributed by atoms with Crippen LogP contribution < -0.4 is 11.1 Å². The van der Waals surface area contributed by atoms with Gasteiger partial charge in [-0.3, -0.25) is 9.59 Å². The second kappa shape index (κ2) is 5.85. The average Bonchev–Trinajstić information content (AvgIpc) is 2.53. The Morgan fingerprint density at radius 2 is 1.95 bits per heavy atom. The molecule has 0 bridgehead atoms. The van der Waals surface area contributed by atoms with Crippen LogP contribution in [0.4, 0.5) is 0 Å². The van der Waals surface area contributed by atoms with E-state index in [2.05, 4.69) is 17.4 Å². The lowest BCUT2D eigenvalue weighted by molar-refractivity contribution is -0.142. The maximum absolute atomic E-state index is 12.7. The van der Waals surface area contributed by atoms with Gasteiger partial charge in [0, 0.05) is 13.1 Å². The summed E-state index contributed by atoms with van der Waals surface area (Å²) in [6.07, 6.45) is 3.26. The number of nitrogens with zero attached hydrogens (tertiary/aromatic N) is 1. The van der Waals surface area contributed by atoms with E-state index >= 15 is 0 Å². The number of piperidine rings is 1. The van der Waals surface area contributed by atoms with Gasteiger partial charge in [-0.05, 0) is 36.8 Å². The van der Waals surface area contributed by atoms with Gasteiger partial charge in [-0.25, -0.2) is 0 Å². The Labute approximate surface area is 124 Å². The van der Waals surface area contributed by atoms with Gasteiger partial charge in [0.05, 0.1) is 6.04 Å². The third-order valence-corrected chi connectivity index (χ3v) is 4.49. The summed E-state index contributed by atoms with van der Waals surface area (Å²) in [6, 6.07) is 7.47. The second-order valence-corrected chi connectivity index (χ2v) is 5.85. The molecule has 1 aromatic rings. The van der Waals surface area contributed by atoms with Crippen LogP contribution in [0, 0.1) is 0 Å². The van der Waals surface area contributed by atoms with Gasteiger partial charge in [0.2, 0.25) is 11.8 Å². The first-order valence-corrected chi connectivity index (χ1v) is 7.57. The molecule has 0 spiro atoms. The van der Waals surface area contributed by atoms with Crippen molar-refractivity contribution in [2.24, 2.45) is 5.73 Å². The van der Waals surface area contributed by atoms with E-state index in [0.717, 1.165) is 12.8 Å². The molecule has 1 saturated heterocycles. The van der Waals surface area contributed by atoms with Crippen molar-refractivity contribution in [3.63, 3.8) is 0 Å². The maximum atomic E-state index is 12.7. The standard InChI is InChI=1S/C16H21N3O2/c17-15(20)14-7-3-4-8-19(14)16(21)13-9-11-5-1-2-6-12(11)10-18-13/h1-2,5-6,13-14,18H,3-4,7-10H2,(H2,17,20). The molecule has 2 atom stereocenters. The summed E-state index contributed by atoms with van der Waals surface area (Å²) >= 11 is 0. The number of carbonyl (C=O) groups excluding carboxylic acids is 2. The van der Waals surface area contributed by atoms with Crippen LogP contribution in [0.3, 0.4) is 0 Å². The van der Waals surface area contributed by atoms with Crippen molar-refractivity contribution < 1.29 is 9.59 Å². The molecule has 2 amide bonds. The molecule has 2 heterocycles. The van der Waals surface area contributed by atoms with Crippen molar-refractivity contribution in [2.75, 3.05) is 6.54 Å². The Morgan fingerprint density at radius 3 is 2.71 bits per heavy atom. The third kappa shape index (κ3) is 2.78. The monoisotopic (exact) mass is 287 g/mol. The lowest BCUT2D eigenvalue weighted by atomic mass is 9.93. The molecule has 0 aliphatic carbocycles. The minimum atomic E-state index is -0.440. The second-order valence-electron chi connectivity index (χ2n) is 5.85. The number of nitrogens with two attached hydrogens (primary N) is 1. The van der Waals surface area contributed by atoms with Crippen molar-refractivity contribution in [3.05, 3.63) is 35.4 Å². The van der Waals surface area contributed by atoms with Gasteiger partial charge in [0.1, 0.15) is 6.04 Å². The minimum absolute atomic E-state index is 0.00741. The number of nitrogens with one attached hydrogen (secondary N) is 1. The molecule has 1 fully saturated rings. The van der Waals surface area contributed by atoms with Gasteiger partial charge in [-0.2, -0.15) is 0 Å². The van der Waals surface area contributed by atoms with E-state index in [-0.39, 0.29) is 17.9 Å². The molecule has 0 aromatic heterocycles. The topological polar surface area (TPSA) is 75.4 Å². The predicted octanol–water partition coefficient (Wildman–Crippen LogP) is 0.567. The van der Waals surface area contributed by atoms with E-state index in [1.54, 1.807) is 4.90 Å². The molecule has 5 nitrogen and oxygen atoms in total. The molecule has 3 N–H and O–H groups in total. The van der Waals surface area contributed by atoms with Crippen molar-refractivity contribution in [1.29, 1.82) is 0 Å². The fraction of sp³-hybridized carbons (Fsp3) is 0.500. The SMILES string of the molecule is NC(=O)C1CCCCN1C(=O)C1Cc2ccccc2CN1. The van der Waals surface area contributed by atoms with E-state index in [0.29, 0.717) is 25.9 Å². The van der Waals surface area contributed by atoms with E-state index in [4.69, 9.17) is 5.73 Å². The van der Waals surface area contributed by atoms with E-state index in [1.165, 1.54) is 11.1 Å². The molecule has 0 radical (unpaired) electrons. The first-order chi connectivity index (χ1) is 10.2. The molecule has 2 unspecified atom stereocenters. The fourth-order valence-corrected chi connectivity index (χ4v) is 3.32. The van der Waals surface area contributed by atoms with E-state index in [9.17, 15) is 9.59 Å². The summed E-state index contributed by atoms with van der Waals surface area (Å²) in [6.45, 7) is 1.33. The molecule has 21 heavy (non-hydrogen) atoms. The zero-order chi connectivity index (χ0) is 14.8. The number of likely N-dealkylation sites (tertiary alicyclic amines) is 1. The number of hydrogen-bond acceptors (Lipinski definition) is 3. The van der Waals surface area contributed by atoms with Crippen molar-refractivity contribution in [2.45, 2.75) is 44.3 Å². The molecule has 2 aliphatic rings. The molecule has 3 rings (SSSR count). The molecule has 5 heteroatoms. The zero-order valence-electron chi connectivity index (χ0n) is 12.0. The Morgan fingerprint density at radius 1 is 1.19 bits per heavy atom. The van der Waals surface area contributed by atoms with Gasteiger partial charge in [0.15, 0.2) is 0 Å². The van der Waals surface area contributed by atoms with Crippen molar-refractivity contribution >= 4 is 11.8 Å². The van der Waals surface area contributed by atoms with Crippen LogP contribution in [-0.2, 0) is 22.6 Å². The van der Waals surface area contributed by atoms with Crippen LogP contribution in [0.2, 0.25) is 0 Å². The van der Waals surface area contributed by atoms with Crippen molar-refractivity contribution in [1.82, 2.24) is 10.2 Å². The van der Waals surface area contributed by atoms with Gasteiger partial charge in [-0.15, -0.1) is 0 Å². The first-order valence-electron chi connectivity index (χ1n) is 7.57. The highest BCUT2D eigenvalue weighted by Crippen LogP contribution is 2.21. The van der Waals surface area contributed by atoms with Gasteiger partial charge >= 0.3 is 0 Å². The largest absolute Gasteiger partial charge is 0.368 e. The summed E-state index contributed by atoms with van der Waals surface area (Å²) in [5.41, 5.74) is 7.90. The zero-order valence-corrected chi connectivity index (χ0v) is 12.0. The summed E-state index contributed by atoms with van der Waals surface area (Å²) in [4.78, 5) is 26.0. The van der Waals surface area contributed by atoms with Gasteiger partial charge in [-0.1, -0.05) is 24.3 Å². The van der Waals surface area contributed by atoms with Crippen LogP contribution in [0.25, 0.3) is 0 Å². The summed E-state index contributed by atoms with van der Waals surface area (Å²) in [7, 11) is 0. The molecule has 2 aliphatic heterocycles. The average molecular weight is 287 g/mol. The highest BCUT2D eigenvalue weighted by molar-refractivity contribution is 5.89. The third-order valence-electron chi connectivity index (χ3n) is 4.49. The number of amides is 2. The normalized spacial score (nSPS) is 25.2. The molecule has 1 aromatic carbocycles. The Kier molecular flexibility index (Phi) is 3.92. The van der Waals surface area contributed by atoms with E-state index in [1.807, 2.05) is 12.1 Å². The summed E-state index contributed by atoms with van der Waals surface area (Å²) in [5.74, 6) is -0.382. The Hall–Kier alpha value is -1.88. The van der Waals surface area contributed by atoms with Crippen LogP contribution in [-0.4, -0.2) is 35.3 Å². The number of rotatable bonds is 2. The molecular formula is C16H21N3O2. The minimum Gasteiger partial charge on any atom is -0.368 e. The number of fused-ring (bicyclic) bond motifs is 1. The first kappa shape index (κ1) is 14.1. The Bertz CT molecular complexity index is 558. The Balaban J connectivity index is 1.75. The van der Waals surface area contributed by atoms with E-state index < -0.39 is 6.04 Å². The predicted molar refractivity (Wildman–Crippen MR) is 79.3 cm³/mol. The van der Waals surface area contributed by atoms with Gasteiger partial charge < -0.3 is 16.0 Å². The molecular weight excluding hydrogens is 266 g/mol. The van der Waals surface area contributed by atoms with Crippen LogP contribution in [0.1, 0.15) is 30.4 Å². The number of primary amides is 1. The molecule has 0 saturated carbocycles. The number of hydrogen-bond donors (Lipinski definition) is 2. The highest BCUT2D eigenvalue weighted by atomic mass is 16.2. The molecule has 112 valence electrons. The highest BCUT2D eigenvalue weighted by Gasteiger charge is 2.35. The number of carbonyl (C=O) groups is 2. The quantitative estimate of drug-likeness (QED) is 0.835. The fourth-order valence-electron chi connectivity index (χ4n) is 3.32. The van der Waals surface area contributed by atoms with Crippen LogP contribution in [0.15, 0.2) is 24.3 Å². The summed E-state index contributed by atoms with van der Waals surface area (Å²) < 4.78 is 0. The van der Waals surface area contributed by atoms with Crippen LogP contribution in [0.5, 0.6) is 0 Å². The smallest absolute Gasteiger partial charge is 0.240 e. The lowest BCUT2D eigenvalue weighted by Gasteiger charge is -2.37. The van der Waals surface area contributed by atoms with Crippen molar-refractivity contribution in [3.8, 4) is 0 Å². The number of benzene rings is 1. The lowest BCUT2D eigenvalue weighted by Crippen LogP contribution is -2.57. The maximum Gasteiger partial charge on any atom is 0.240 e. The van der Waals surface area contributed by atoms with Crippen LogP contribution >= 0.6 is 0 Å². The summed E-state index contributed by atoms with van der Waals surface area (Å²) in [5, 5.41) is 3.29. The van der Waals surface area contributed by atoms with Gasteiger partial charge in [0.25, 0.3) is 0 Å².